The molecule has 0 amide bonds. The van der Waals surface area contributed by atoms with Crippen LogP contribution in [0.5, 0.6) is 0 Å². The molecule has 0 spiro atoms. The third-order valence-corrected chi connectivity index (χ3v) is 4.30. The highest BCUT2D eigenvalue weighted by Crippen LogP contribution is 2.33. The van der Waals surface area contributed by atoms with Gasteiger partial charge in [-0.1, -0.05) is 35.5 Å². The van der Waals surface area contributed by atoms with E-state index in [-0.39, 0.29) is 5.92 Å². The van der Waals surface area contributed by atoms with Crippen molar-refractivity contribution in [2.24, 2.45) is 0 Å². The zero-order chi connectivity index (χ0) is 15.6. The number of rotatable bonds is 4. The first kappa shape index (κ1) is 14.0. The minimum Gasteiger partial charge on any atom is -0.338 e. The second-order valence-corrected chi connectivity index (χ2v) is 5.77. The predicted molar refractivity (Wildman–Crippen MR) is 84.5 cm³/mol. The molecule has 1 aliphatic rings. The molecule has 1 aliphatic heterocycles. The highest BCUT2D eigenvalue weighted by Gasteiger charge is 2.35. The quantitative estimate of drug-likeness (QED) is 0.738. The van der Waals surface area contributed by atoms with Crippen molar-refractivity contribution in [2.45, 2.75) is 18.9 Å². The highest BCUT2D eigenvalue weighted by molar-refractivity contribution is 5.40. The molecule has 0 aliphatic carbocycles. The Hall–Kier alpha value is -2.60. The molecule has 4 rings (SSSR count). The summed E-state index contributed by atoms with van der Waals surface area (Å²) < 4.78 is 5.39. The van der Waals surface area contributed by atoms with Gasteiger partial charge in [-0.25, -0.2) is 9.97 Å². The third kappa shape index (κ3) is 2.73. The average molecular weight is 307 g/mol. The minimum atomic E-state index is 0.283. The van der Waals surface area contributed by atoms with Crippen molar-refractivity contribution < 1.29 is 4.52 Å². The van der Waals surface area contributed by atoms with Crippen molar-refractivity contribution in [3.63, 3.8) is 0 Å². The molecular formula is C17H17N5O. The summed E-state index contributed by atoms with van der Waals surface area (Å²) in [4.78, 5) is 15.1. The van der Waals surface area contributed by atoms with Crippen LogP contribution in [0.1, 0.15) is 30.3 Å². The third-order valence-electron chi connectivity index (χ3n) is 4.30. The van der Waals surface area contributed by atoms with Gasteiger partial charge in [-0.15, -0.1) is 0 Å². The smallest absolute Gasteiger partial charge is 0.240 e. The van der Waals surface area contributed by atoms with Crippen molar-refractivity contribution in [1.82, 2.24) is 25.0 Å². The second kappa shape index (κ2) is 5.89. The van der Waals surface area contributed by atoms with Crippen LogP contribution in [0, 0.1) is 0 Å². The highest BCUT2D eigenvalue weighted by atomic mass is 16.5. The summed E-state index contributed by atoms with van der Waals surface area (Å²) >= 11 is 0. The van der Waals surface area contributed by atoms with Gasteiger partial charge in [0.05, 0.1) is 5.92 Å². The van der Waals surface area contributed by atoms with E-state index in [1.807, 2.05) is 6.07 Å². The lowest BCUT2D eigenvalue weighted by molar-refractivity contribution is 0.0835. The van der Waals surface area contributed by atoms with Gasteiger partial charge in [0.15, 0.2) is 0 Å². The molecule has 3 aromatic rings. The van der Waals surface area contributed by atoms with Gasteiger partial charge in [0.1, 0.15) is 0 Å². The van der Waals surface area contributed by atoms with Crippen molar-refractivity contribution >= 4 is 0 Å². The van der Waals surface area contributed by atoms with E-state index in [1.165, 1.54) is 5.56 Å². The Labute approximate surface area is 134 Å². The van der Waals surface area contributed by atoms with Crippen LogP contribution in [0.25, 0.3) is 11.6 Å². The molecule has 1 unspecified atom stereocenters. The normalized spacial score (nSPS) is 16.9. The van der Waals surface area contributed by atoms with Gasteiger partial charge in [-0.3, -0.25) is 4.90 Å². The summed E-state index contributed by atoms with van der Waals surface area (Å²) in [5, 5.41) is 3.99. The molecule has 1 fully saturated rings. The van der Waals surface area contributed by atoms with Gasteiger partial charge in [0.25, 0.3) is 0 Å². The van der Waals surface area contributed by atoms with E-state index < -0.39 is 0 Å². The predicted octanol–water partition coefficient (Wildman–Crippen LogP) is 2.69. The first-order chi connectivity index (χ1) is 11.3. The lowest BCUT2D eigenvalue weighted by Gasteiger charge is -2.41. The molecule has 0 radical (unpaired) electrons. The fraction of sp³-hybridized carbons (Fsp3) is 0.294. The molecule has 116 valence electrons. The monoisotopic (exact) mass is 307 g/mol. The van der Waals surface area contributed by atoms with E-state index in [4.69, 9.17) is 4.52 Å². The molecule has 1 saturated heterocycles. The fourth-order valence-electron chi connectivity index (χ4n) is 2.83. The molecule has 2 aromatic heterocycles. The van der Waals surface area contributed by atoms with Crippen LogP contribution < -0.4 is 0 Å². The van der Waals surface area contributed by atoms with E-state index in [9.17, 15) is 0 Å². The maximum absolute atomic E-state index is 5.39. The summed E-state index contributed by atoms with van der Waals surface area (Å²) in [5.41, 5.74) is 1.33. The van der Waals surface area contributed by atoms with Crippen LogP contribution in [-0.4, -0.2) is 38.1 Å². The molecular weight excluding hydrogens is 290 g/mol. The van der Waals surface area contributed by atoms with Crippen LogP contribution in [0.3, 0.4) is 0 Å². The number of hydrogen-bond acceptors (Lipinski definition) is 6. The molecule has 1 atom stereocenters. The number of likely N-dealkylation sites (tertiary alicyclic amines) is 1. The van der Waals surface area contributed by atoms with Crippen molar-refractivity contribution in [3.8, 4) is 11.6 Å². The lowest BCUT2D eigenvalue weighted by Crippen LogP contribution is -2.46. The summed E-state index contributed by atoms with van der Waals surface area (Å²) in [6.45, 7) is 4.07. The lowest BCUT2D eigenvalue weighted by atomic mass is 9.95. The van der Waals surface area contributed by atoms with Gasteiger partial charge in [0, 0.05) is 31.5 Å². The van der Waals surface area contributed by atoms with Crippen LogP contribution in [0.15, 0.2) is 53.3 Å². The van der Waals surface area contributed by atoms with Crippen molar-refractivity contribution in [3.05, 3.63) is 60.2 Å². The number of aromatic nitrogens is 4. The zero-order valence-corrected chi connectivity index (χ0v) is 12.8. The second-order valence-electron chi connectivity index (χ2n) is 5.77. The first-order valence-electron chi connectivity index (χ1n) is 7.71. The van der Waals surface area contributed by atoms with Crippen LogP contribution >= 0.6 is 0 Å². The maximum atomic E-state index is 5.39. The summed E-state index contributed by atoms with van der Waals surface area (Å²) in [6.07, 6.45) is 3.34. The molecule has 6 heteroatoms. The molecule has 0 bridgehead atoms. The number of hydrogen-bond donors (Lipinski definition) is 0. The Morgan fingerprint density at radius 3 is 2.52 bits per heavy atom. The van der Waals surface area contributed by atoms with E-state index in [1.54, 1.807) is 18.5 Å². The summed E-state index contributed by atoms with van der Waals surface area (Å²) in [7, 11) is 0. The summed E-state index contributed by atoms with van der Waals surface area (Å²) in [5.74, 6) is 1.90. The van der Waals surface area contributed by atoms with Gasteiger partial charge < -0.3 is 4.52 Å². The topological polar surface area (TPSA) is 67.9 Å². The van der Waals surface area contributed by atoms with Gasteiger partial charge in [-0.05, 0) is 18.6 Å². The van der Waals surface area contributed by atoms with E-state index in [2.05, 4.69) is 56.2 Å². The number of nitrogens with zero attached hydrogens (tertiary/aromatic N) is 5. The standard InChI is InChI=1S/C17H17N5O/c1-12(13-6-3-2-4-7-13)22-10-14(11-22)17-20-16(21-23-17)15-18-8-5-9-19-15/h2-9,12,14H,10-11H2,1H3. The Kier molecular flexibility index (Phi) is 3.59. The molecule has 23 heavy (non-hydrogen) atoms. The van der Waals surface area contributed by atoms with Crippen molar-refractivity contribution in [2.75, 3.05) is 13.1 Å². The van der Waals surface area contributed by atoms with Crippen molar-refractivity contribution in [1.29, 1.82) is 0 Å². The molecule has 3 heterocycles. The van der Waals surface area contributed by atoms with Gasteiger partial charge >= 0.3 is 0 Å². The summed E-state index contributed by atoms with van der Waals surface area (Å²) in [6, 6.07) is 12.7. The van der Waals surface area contributed by atoms with Gasteiger partial charge in [0.2, 0.25) is 17.5 Å². The van der Waals surface area contributed by atoms with Crippen LogP contribution in [0.2, 0.25) is 0 Å². The fourth-order valence-corrected chi connectivity index (χ4v) is 2.83. The van der Waals surface area contributed by atoms with Crippen LogP contribution in [-0.2, 0) is 0 Å². The Bertz CT molecular complexity index is 768. The van der Waals surface area contributed by atoms with E-state index >= 15 is 0 Å². The average Bonchev–Trinajstić information content (AvgIpc) is 3.05. The van der Waals surface area contributed by atoms with Crippen LogP contribution in [0.4, 0.5) is 0 Å². The molecule has 0 saturated carbocycles. The van der Waals surface area contributed by atoms with Gasteiger partial charge in [-0.2, -0.15) is 4.98 Å². The SMILES string of the molecule is CC(c1ccccc1)N1CC(c2nc(-c3ncccn3)no2)C1. The van der Waals surface area contributed by atoms with E-state index in [0.717, 1.165) is 13.1 Å². The first-order valence-corrected chi connectivity index (χ1v) is 7.71. The Morgan fingerprint density at radius 2 is 1.78 bits per heavy atom. The largest absolute Gasteiger partial charge is 0.338 e. The molecule has 6 nitrogen and oxygen atoms in total. The maximum Gasteiger partial charge on any atom is 0.240 e. The Balaban J connectivity index is 1.42. The molecule has 1 aromatic carbocycles. The zero-order valence-electron chi connectivity index (χ0n) is 12.8. The number of benzene rings is 1. The Morgan fingerprint density at radius 1 is 1.04 bits per heavy atom. The van der Waals surface area contributed by atoms with E-state index in [0.29, 0.717) is 23.6 Å². The molecule has 0 N–H and O–H groups in total. The minimum absolute atomic E-state index is 0.283.